The number of benzene rings is 1. The van der Waals surface area contributed by atoms with Crippen LogP contribution in [-0.2, 0) is 4.74 Å². The Bertz CT molecular complexity index is 1210. The van der Waals surface area contributed by atoms with Crippen molar-refractivity contribution in [1.29, 1.82) is 5.26 Å². The van der Waals surface area contributed by atoms with Crippen LogP contribution in [0.5, 0.6) is 0 Å². The number of piperazine rings is 1. The lowest BCUT2D eigenvalue weighted by Crippen LogP contribution is -2.53. The lowest BCUT2D eigenvalue weighted by molar-refractivity contribution is 0.122. The number of morpholine rings is 1. The fourth-order valence-electron chi connectivity index (χ4n) is 4.47. The average molecular weight is 476 g/mol. The Morgan fingerprint density at radius 1 is 1.03 bits per heavy atom. The second kappa shape index (κ2) is 9.84. The van der Waals surface area contributed by atoms with Gasteiger partial charge >= 0.3 is 0 Å². The van der Waals surface area contributed by atoms with E-state index in [2.05, 4.69) is 32.7 Å². The topological polar surface area (TPSA) is 81.4 Å². The predicted molar refractivity (Wildman–Crippen MR) is 133 cm³/mol. The van der Waals surface area contributed by atoms with Crippen LogP contribution in [0, 0.1) is 11.3 Å². The minimum Gasteiger partial charge on any atom is -0.378 e. The molecular weight excluding hydrogens is 450 g/mol. The summed E-state index contributed by atoms with van der Waals surface area (Å²) in [6.45, 7) is 7.37. The number of halogens is 1. The van der Waals surface area contributed by atoms with Crippen LogP contribution in [-0.4, -0.2) is 66.9 Å². The number of nitriles is 1. The molecule has 34 heavy (non-hydrogen) atoms. The van der Waals surface area contributed by atoms with E-state index in [-0.39, 0.29) is 6.04 Å². The standard InChI is InChI=1S/C25H26ClN7O/c1-18-17-32(24-21(26)6-3-7-28-24)8-9-33(18)23-15-22(20-5-2-4-19(14-20)16-27)29-25(30-23)31-10-12-34-13-11-31/h2-7,14-15,18H,8-13,17H2,1H3. The van der Waals surface area contributed by atoms with E-state index < -0.39 is 0 Å². The molecule has 0 radical (unpaired) electrons. The highest BCUT2D eigenvalue weighted by atomic mass is 35.5. The highest BCUT2D eigenvalue weighted by Crippen LogP contribution is 2.30. The summed E-state index contributed by atoms with van der Waals surface area (Å²) in [6, 6.07) is 15.7. The summed E-state index contributed by atoms with van der Waals surface area (Å²) in [5.41, 5.74) is 2.33. The van der Waals surface area contributed by atoms with Gasteiger partial charge in [-0.1, -0.05) is 23.7 Å². The third kappa shape index (κ3) is 4.63. The summed E-state index contributed by atoms with van der Waals surface area (Å²) in [7, 11) is 0. The summed E-state index contributed by atoms with van der Waals surface area (Å²) in [4.78, 5) is 21.1. The highest BCUT2D eigenvalue weighted by molar-refractivity contribution is 6.32. The monoisotopic (exact) mass is 475 g/mol. The fraction of sp³-hybridized carbons (Fsp3) is 0.360. The van der Waals surface area contributed by atoms with Crippen molar-refractivity contribution in [2.24, 2.45) is 0 Å². The summed E-state index contributed by atoms with van der Waals surface area (Å²) in [6.07, 6.45) is 1.78. The average Bonchev–Trinajstić information content (AvgIpc) is 2.89. The maximum absolute atomic E-state index is 9.37. The van der Waals surface area contributed by atoms with Gasteiger partial charge in [0, 0.05) is 56.6 Å². The SMILES string of the molecule is CC1CN(c2ncccc2Cl)CCN1c1cc(-c2cccc(C#N)c2)nc(N2CCOCC2)n1. The molecule has 8 nitrogen and oxygen atoms in total. The first kappa shape index (κ1) is 22.4. The number of rotatable bonds is 4. The Kier molecular flexibility index (Phi) is 6.48. The molecule has 0 amide bonds. The van der Waals surface area contributed by atoms with Crippen LogP contribution in [0.1, 0.15) is 12.5 Å². The van der Waals surface area contributed by atoms with E-state index in [9.17, 15) is 5.26 Å². The summed E-state index contributed by atoms with van der Waals surface area (Å²) in [5.74, 6) is 2.40. The molecule has 174 valence electrons. The van der Waals surface area contributed by atoms with E-state index in [4.69, 9.17) is 26.3 Å². The van der Waals surface area contributed by atoms with Gasteiger partial charge in [0.2, 0.25) is 5.95 Å². The Balaban J connectivity index is 1.48. The molecule has 9 heteroatoms. The number of hydrogen-bond acceptors (Lipinski definition) is 8. The number of nitrogens with zero attached hydrogens (tertiary/aromatic N) is 7. The van der Waals surface area contributed by atoms with Crippen molar-refractivity contribution in [2.75, 3.05) is 60.6 Å². The fourth-order valence-corrected chi connectivity index (χ4v) is 4.71. The Morgan fingerprint density at radius 2 is 1.88 bits per heavy atom. The normalized spacial score (nSPS) is 18.6. The maximum Gasteiger partial charge on any atom is 0.228 e. The molecule has 0 N–H and O–H groups in total. The van der Waals surface area contributed by atoms with Gasteiger partial charge in [-0.3, -0.25) is 0 Å². The molecule has 2 aliphatic heterocycles. The van der Waals surface area contributed by atoms with Gasteiger partial charge in [0.15, 0.2) is 0 Å². The van der Waals surface area contributed by atoms with Crippen molar-refractivity contribution in [1.82, 2.24) is 15.0 Å². The second-order valence-corrected chi connectivity index (χ2v) is 8.91. The minimum atomic E-state index is 0.192. The Hall–Kier alpha value is -3.41. The van der Waals surface area contributed by atoms with Crippen LogP contribution in [0.3, 0.4) is 0 Å². The zero-order chi connectivity index (χ0) is 23.5. The van der Waals surface area contributed by atoms with Crippen LogP contribution < -0.4 is 14.7 Å². The lowest BCUT2D eigenvalue weighted by Gasteiger charge is -2.41. The molecule has 0 saturated carbocycles. The molecule has 0 spiro atoms. The quantitative estimate of drug-likeness (QED) is 0.566. The maximum atomic E-state index is 9.37. The highest BCUT2D eigenvalue weighted by Gasteiger charge is 2.28. The zero-order valence-corrected chi connectivity index (χ0v) is 19.8. The number of pyridine rings is 1. The largest absolute Gasteiger partial charge is 0.378 e. The molecule has 1 unspecified atom stereocenters. The molecule has 2 aromatic heterocycles. The first-order valence-corrected chi connectivity index (χ1v) is 11.8. The van der Waals surface area contributed by atoms with Crippen molar-refractivity contribution in [2.45, 2.75) is 13.0 Å². The third-order valence-electron chi connectivity index (χ3n) is 6.24. The van der Waals surface area contributed by atoms with Crippen LogP contribution in [0.25, 0.3) is 11.3 Å². The molecule has 2 fully saturated rings. The van der Waals surface area contributed by atoms with Gasteiger partial charge in [0.25, 0.3) is 0 Å². The van der Waals surface area contributed by atoms with Gasteiger partial charge in [-0.05, 0) is 31.2 Å². The molecule has 2 aliphatic rings. The van der Waals surface area contributed by atoms with Gasteiger partial charge in [-0.2, -0.15) is 10.2 Å². The molecule has 5 rings (SSSR count). The van der Waals surface area contributed by atoms with Gasteiger partial charge in [0.1, 0.15) is 11.6 Å². The van der Waals surface area contributed by atoms with Crippen LogP contribution >= 0.6 is 11.6 Å². The van der Waals surface area contributed by atoms with E-state index in [1.54, 1.807) is 12.3 Å². The summed E-state index contributed by atoms with van der Waals surface area (Å²) in [5, 5.41) is 10.0. The van der Waals surface area contributed by atoms with Crippen molar-refractivity contribution in [3.63, 3.8) is 0 Å². The molecule has 0 bridgehead atoms. The van der Waals surface area contributed by atoms with E-state index in [0.29, 0.717) is 29.7 Å². The van der Waals surface area contributed by atoms with Crippen molar-refractivity contribution >= 4 is 29.2 Å². The van der Waals surface area contributed by atoms with Crippen LogP contribution in [0.2, 0.25) is 5.02 Å². The summed E-state index contributed by atoms with van der Waals surface area (Å²) >= 11 is 6.40. The van der Waals surface area contributed by atoms with E-state index in [1.807, 2.05) is 36.4 Å². The first-order chi connectivity index (χ1) is 16.6. The van der Waals surface area contributed by atoms with Gasteiger partial charge < -0.3 is 19.4 Å². The Labute approximate surface area is 204 Å². The number of anilines is 3. The molecule has 3 aromatic rings. The predicted octanol–water partition coefficient (Wildman–Crippen LogP) is 3.62. The first-order valence-electron chi connectivity index (χ1n) is 11.5. The summed E-state index contributed by atoms with van der Waals surface area (Å²) < 4.78 is 5.53. The van der Waals surface area contributed by atoms with Gasteiger partial charge in [-0.25, -0.2) is 9.97 Å². The molecule has 4 heterocycles. The second-order valence-electron chi connectivity index (χ2n) is 8.50. The minimum absolute atomic E-state index is 0.192. The van der Waals surface area contributed by atoms with Crippen molar-refractivity contribution < 1.29 is 4.74 Å². The van der Waals surface area contributed by atoms with Gasteiger partial charge in [-0.15, -0.1) is 0 Å². The van der Waals surface area contributed by atoms with Crippen molar-refractivity contribution in [3.8, 4) is 17.3 Å². The van der Waals surface area contributed by atoms with E-state index in [0.717, 1.165) is 55.6 Å². The zero-order valence-electron chi connectivity index (χ0n) is 19.1. The number of ether oxygens (including phenoxy) is 1. The number of aromatic nitrogens is 3. The molecule has 2 saturated heterocycles. The van der Waals surface area contributed by atoms with E-state index in [1.165, 1.54) is 0 Å². The molecule has 1 atom stereocenters. The van der Waals surface area contributed by atoms with Crippen LogP contribution in [0.4, 0.5) is 17.6 Å². The van der Waals surface area contributed by atoms with Crippen LogP contribution in [0.15, 0.2) is 48.7 Å². The molecular formula is C25H26ClN7O. The van der Waals surface area contributed by atoms with E-state index >= 15 is 0 Å². The van der Waals surface area contributed by atoms with Gasteiger partial charge in [0.05, 0.1) is 35.6 Å². The Morgan fingerprint density at radius 3 is 2.65 bits per heavy atom. The molecule has 1 aromatic carbocycles. The third-order valence-corrected chi connectivity index (χ3v) is 6.54. The van der Waals surface area contributed by atoms with Crippen molar-refractivity contribution in [3.05, 3.63) is 59.2 Å². The smallest absolute Gasteiger partial charge is 0.228 e. The number of hydrogen-bond donors (Lipinski definition) is 0. The lowest BCUT2D eigenvalue weighted by atomic mass is 10.1. The molecule has 0 aliphatic carbocycles.